The standard InChI is InChI=1S/C20H30N4O4/c1-14(2)21-20(25)15-3-5-16(6-4-15)22-18-13-17(7-8-19(18)24(26)27)23-9-11-28-12-10-23/h7-8,13-16,22H,3-6,9-12H2,1-2H3,(H,21,25). The highest BCUT2D eigenvalue weighted by Crippen LogP contribution is 2.33. The predicted molar refractivity (Wildman–Crippen MR) is 109 cm³/mol. The summed E-state index contributed by atoms with van der Waals surface area (Å²) in [5.41, 5.74) is 1.63. The number of nitrogens with one attached hydrogen (secondary N) is 2. The maximum Gasteiger partial charge on any atom is 0.292 e. The summed E-state index contributed by atoms with van der Waals surface area (Å²) < 4.78 is 5.39. The average molecular weight is 390 g/mol. The topological polar surface area (TPSA) is 96.7 Å². The van der Waals surface area contributed by atoms with Crippen molar-refractivity contribution in [2.45, 2.75) is 51.6 Å². The maximum atomic E-state index is 12.2. The molecule has 1 aromatic carbocycles. The zero-order chi connectivity index (χ0) is 20.1. The van der Waals surface area contributed by atoms with E-state index in [0.29, 0.717) is 18.9 Å². The number of morpholine rings is 1. The van der Waals surface area contributed by atoms with Crippen LogP contribution >= 0.6 is 0 Å². The molecular weight excluding hydrogens is 360 g/mol. The molecule has 1 saturated heterocycles. The van der Waals surface area contributed by atoms with E-state index in [-0.39, 0.29) is 34.5 Å². The third-order valence-corrected chi connectivity index (χ3v) is 5.44. The largest absolute Gasteiger partial charge is 0.378 e. The van der Waals surface area contributed by atoms with Crippen molar-refractivity contribution >= 4 is 23.0 Å². The van der Waals surface area contributed by atoms with Gasteiger partial charge in [0.05, 0.1) is 18.1 Å². The van der Waals surface area contributed by atoms with Crippen molar-refractivity contribution in [3.63, 3.8) is 0 Å². The van der Waals surface area contributed by atoms with Crippen LogP contribution in [0.25, 0.3) is 0 Å². The van der Waals surface area contributed by atoms with Crippen LogP contribution in [0.15, 0.2) is 18.2 Å². The van der Waals surface area contributed by atoms with Gasteiger partial charge in [-0.25, -0.2) is 0 Å². The lowest BCUT2D eigenvalue weighted by Crippen LogP contribution is -2.39. The van der Waals surface area contributed by atoms with Crippen LogP contribution < -0.4 is 15.5 Å². The van der Waals surface area contributed by atoms with Crippen molar-refractivity contribution in [2.24, 2.45) is 5.92 Å². The summed E-state index contributed by atoms with van der Waals surface area (Å²) in [7, 11) is 0. The fourth-order valence-corrected chi connectivity index (χ4v) is 3.94. The quantitative estimate of drug-likeness (QED) is 0.573. The summed E-state index contributed by atoms with van der Waals surface area (Å²) >= 11 is 0. The molecule has 0 atom stereocenters. The molecule has 28 heavy (non-hydrogen) atoms. The highest BCUT2D eigenvalue weighted by atomic mass is 16.6. The number of anilines is 2. The number of rotatable bonds is 6. The minimum Gasteiger partial charge on any atom is -0.378 e. The molecule has 0 radical (unpaired) electrons. The number of hydrogen-bond donors (Lipinski definition) is 2. The van der Waals surface area contributed by atoms with Crippen LogP contribution in [-0.4, -0.2) is 49.2 Å². The van der Waals surface area contributed by atoms with Gasteiger partial charge in [-0.15, -0.1) is 0 Å². The SMILES string of the molecule is CC(C)NC(=O)C1CCC(Nc2cc(N3CCOCC3)ccc2[N+](=O)[O-])CC1. The summed E-state index contributed by atoms with van der Waals surface area (Å²) in [5, 5.41) is 17.8. The van der Waals surface area contributed by atoms with Crippen LogP contribution in [0.2, 0.25) is 0 Å². The lowest BCUT2D eigenvalue weighted by atomic mass is 9.85. The number of carbonyl (C=O) groups excluding carboxylic acids is 1. The maximum absolute atomic E-state index is 12.2. The molecule has 1 aromatic rings. The summed E-state index contributed by atoms with van der Waals surface area (Å²) in [5.74, 6) is 0.156. The predicted octanol–water partition coefficient (Wildman–Crippen LogP) is 2.93. The van der Waals surface area contributed by atoms with Gasteiger partial charge in [-0.3, -0.25) is 14.9 Å². The molecule has 0 bridgehead atoms. The number of amides is 1. The Balaban J connectivity index is 1.66. The van der Waals surface area contributed by atoms with Gasteiger partial charge >= 0.3 is 0 Å². The third kappa shape index (κ3) is 5.13. The Kier molecular flexibility index (Phi) is 6.72. The van der Waals surface area contributed by atoms with Crippen LogP contribution in [0.3, 0.4) is 0 Å². The van der Waals surface area contributed by atoms with Gasteiger partial charge in [0.2, 0.25) is 5.91 Å². The second-order valence-corrected chi connectivity index (χ2v) is 7.91. The first-order chi connectivity index (χ1) is 13.4. The third-order valence-electron chi connectivity index (χ3n) is 5.44. The molecule has 3 rings (SSSR count). The molecule has 2 N–H and O–H groups in total. The van der Waals surface area contributed by atoms with Gasteiger partial charge < -0.3 is 20.3 Å². The number of benzene rings is 1. The molecule has 1 amide bonds. The van der Waals surface area contributed by atoms with Crippen molar-refractivity contribution in [3.05, 3.63) is 28.3 Å². The molecule has 0 unspecified atom stereocenters. The zero-order valence-corrected chi connectivity index (χ0v) is 16.6. The van der Waals surface area contributed by atoms with E-state index in [0.717, 1.165) is 44.5 Å². The van der Waals surface area contributed by atoms with E-state index < -0.39 is 0 Å². The number of carbonyl (C=O) groups is 1. The van der Waals surface area contributed by atoms with Crippen LogP contribution in [0.4, 0.5) is 17.1 Å². The first-order valence-electron chi connectivity index (χ1n) is 10.1. The van der Waals surface area contributed by atoms with Gasteiger partial charge in [-0.1, -0.05) is 0 Å². The van der Waals surface area contributed by atoms with E-state index in [2.05, 4.69) is 15.5 Å². The Hall–Kier alpha value is -2.35. The Labute approximate surface area is 165 Å². The molecule has 8 heteroatoms. The van der Waals surface area contributed by atoms with Crippen LogP contribution in [0.5, 0.6) is 0 Å². The van der Waals surface area contributed by atoms with Gasteiger partial charge in [0.15, 0.2) is 0 Å². The molecule has 2 aliphatic rings. The summed E-state index contributed by atoms with van der Waals surface area (Å²) in [6, 6.07) is 5.55. The molecule has 1 heterocycles. The summed E-state index contributed by atoms with van der Waals surface area (Å²) in [4.78, 5) is 25.5. The number of nitro groups is 1. The number of nitrogens with zero attached hydrogens (tertiary/aromatic N) is 2. The molecule has 154 valence electrons. The minimum atomic E-state index is -0.340. The smallest absolute Gasteiger partial charge is 0.292 e. The zero-order valence-electron chi connectivity index (χ0n) is 16.6. The lowest BCUT2D eigenvalue weighted by Gasteiger charge is -2.31. The molecule has 1 aliphatic carbocycles. The molecular formula is C20H30N4O4. The van der Waals surface area contributed by atoms with Crippen LogP contribution in [-0.2, 0) is 9.53 Å². The van der Waals surface area contributed by atoms with E-state index in [1.54, 1.807) is 6.07 Å². The van der Waals surface area contributed by atoms with E-state index in [9.17, 15) is 14.9 Å². The van der Waals surface area contributed by atoms with Crippen molar-refractivity contribution in [1.82, 2.24) is 5.32 Å². The van der Waals surface area contributed by atoms with E-state index >= 15 is 0 Å². The van der Waals surface area contributed by atoms with E-state index in [4.69, 9.17) is 4.74 Å². The fraction of sp³-hybridized carbons (Fsp3) is 0.650. The normalized spacial score (nSPS) is 22.8. The Morgan fingerprint density at radius 2 is 1.89 bits per heavy atom. The lowest BCUT2D eigenvalue weighted by molar-refractivity contribution is -0.384. The molecule has 8 nitrogen and oxygen atoms in total. The van der Waals surface area contributed by atoms with Gasteiger partial charge in [0.25, 0.3) is 5.69 Å². The van der Waals surface area contributed by atoms with E-state index in [1.807, 2.05) is 26.0 Å². The van der Waals surface area contributed by atoms with Gasteiger partial charge in [0.1, 0.15) is 5.69 Å². The Morgan fingerprint density at radius 3 is 2.50 bits per heavy atom. The summed E-state index contributed by atoms with van der Waals surface area (Å²) in [6.07, 6.45) is 3.25. The first-order valence-corrected chi connectivity index (χ1v) is 10.1. The molecule has 2 fully saturated rings. The number of ether oxygens (including phenoxy) is 1. The van der Waals surface area contributed by atoms with Crippen molar-refractivity contribution in [2.75, 3.05) is 36.5 Å². The number of hydrogen-bond acceptors (Lipinski definition) is 6. The average Bonchev–Trinajstić information content (AvgIpc) is 2.68. The van der Waals surface area contributed by atoms with Crippen molar-refractivity contribution in [3.8, 4) is 0 Å². The monoisotopic (exact) mass is 390 g/mol. The first kappa shape index (κ1) is 20.4. The van der Waals surface area contributed by atoms with Gasteiger partial charge in [0, 0.05) is 42.8 Å². The minimum absolute atomic E-state index is 0.0371. The highest BCUT2D eigenvalue weighted by molar-refractivity contribution is 5.79. The second kappa shape index (κ2) is 9.23. The van der Waals surface area contributed by atoms with Crippen LogP contribution in [0.1, 0.15) is 39.5 Å². The summed E-state index contributed by atoms with van der Waals surface area (Å²) in [6.45, 7) is 6.84. The Bertz CT molecular complexity index is 695. The van der Waals surface area contributed by atoms with Gasteiger partial charge in [-0.2, -0.15) is 0 Å². The highest BCUT2D eigenvalue weighted by Gasteiger charge is 2.28. The fourth-order valence-electron chi connectivity index (χ4n) is 3.94. The molecule has 1 saturated carbocycles. The molecule has 0 spiro atoms. The molecule has 0 aromatic heterocycles. The molecule has 1 aliphatic heterocycles. The second-order valence-electron chi connectivity index (χ2n) is 7.91. The van der Waals surface area contributed by atoms with Gasteiger partial charge in [-0.05, 0) is 51.7 Å². The van der Waals surface area contributed by atoms with Crippen molar-refractivity contribution in [1.29, 1.82) is 0 Å². The number of nitro benzene ring substituents is 1. The van der Waals surface area contributed by atoms with Crippen LogP contribution in [0, 0.1) is 16.0 Å². The van der Waals surface area contributed by atoms with E-state index in [1.165, 1.54) is 0 Å². The van der Waals surface area contributed by atoms with Crippen molar-refractivity contribution < 1.29 is 14.5 Å². The Morgan fingerprint density at radius 1 is 1.21 bits per heavy atom.